The Labute approximate surface area is 209 Å². The molecule has 6 nitrogen and oxygen atoms in total. The second-order valence-electron chi connectivity index (χ2n) is 9.96. The Balaban J connectivity index is 1.47. The molecule has 0 heterocycles. The van der Waals surface area contributed by atoms with Gasteiger partial charge in [-0.3, -0.25) is 9.59 Å². The molecule has 6 heteroatoms. The minimum atomic E-state index is -0.566. The zero-order valence-corrected chi connectivity index (χ0v) is 21.6. The molecule has 0 atom stereocenters. The molecule has 0 aliphatic carbocycles. The Morgan fingerprint density at radius 3 is 1.29 bits per heavy atom. The first-order chi connectivity index (χ1) is 16.7. The van der Waals surface area contributed by atoms with Gasteiger partial charge in [0, 0.05) is 26.4 Å². The SMILES string of the molecule is CC(C)(CCCOCCCOCCCC(C)(C)C(=O)Oc1ccccc1)C(=O)Oc1ccccc1. The van der Waals surface area contributed by atoms with Crippen molar-refractivity contribution < 1.29 is 28.5 Å². The maximum Gasteiger partial charge on any atom is 0.316 e. The summed E-state index contributed by atoms with van der Waals surface area (Å²) in [7, 11) is 0. The molecule has 0 aromatic heterocycles. The van der Waals surface area contributed by atoms with E-state index in [1.165, 1.54) is 0 Å². The van der Waals surface area contributed by atoms with Crippen LogP contribution in [0, 0.1) is 10.8 Å². The smallest absolute Gasteiger partial charge is 0.316 e. The Bertz CT molecular complexity index is 803. The largest absolute Gasteiger partial charge is 0.426 e. The zero-order chi connectivity index (χ0) is 25.6. The van der Waals surface area contributed by atoms with E-state index >= 15 is 0 Å². The average Bonchev–Trinajstić information content (AvgIpc) is 2.83. The standard InChI is InChI=1S/C29H40O6/c1-28(2,26(30)34-24-14-7-5-8-15-24)18-11-20-32-22-13-23-33-21-12-19-29(3,4)27(31)35-25-16-9-6-10-17-25/h5-10,14-17H,11-13,18-23H2,1-4H3. The van der Waals surface area contributed by atoms with Crippen molar-refractivity contribution in [1.82, 2.24) is 0 Å². The lowest BCUT2D eigenvalue weighted by Crippen LogP contribution is -2.29. The summed E-state index contributed by atoms with van der Waals surface area (Å²) >= 11 is 0. The van der Waals surface area contributed by atoms with Gasteiger partial charge in [0.2, 0.25) is 0 Å². The predicted molar refractivity (Wildman–Crippen MR) is 136 cm³/mol. The molecular weight excluding hydrogens is 444 g/mol. The van der Waals surface area contributed by atoms with Gasteiger partial charge < -0.3 is 18.9 Å². The Hall–Kier alpha value is -2.70. The Morgan fingerprint density at radius 1 is 0.571 bits per heavy atom. The van der Waals surface area contributed by atoms with Gasteiger partial charge >= 0.3 is 11.9 Å². The predicted octanol–water partition coefficient (Wildman–Crippen LogP) is 6.23. The van der Waals surface area contributed by atoms with E-state index in [-0.39, 0.29) is 11.9 Å². The fourth-order valence-corrected chi connectivity index (χ4v) is 3.37. The molecule has 192 valence electrons. The van der Waals surface area contributed by atoms with Crippen molar-refractivity contribution in [3.8, 4) is 11.5 Å². The van der Waals surface area contributed by atoms with Crippen LogP contribution in [-0.4, -0.2) is 38.4 Å². The molecule has 0 aliphatic heterocycles. The number of para-hydroxylation sites is 2. The number of carbonyl (C=O) groups excluding carboxylic acids is 2. The van der Waals surface area contributed by atoms with E-state index in [0.717, 1.165) is 19.3 Å². The highest BCUT2D eigenvalue weighted by molar-refractivity contribution is 5.78. The first-order valence-electron chi connectivity index (χ1n) is 12.4. The maximum absolute atomic E-state index is 12.4. The van der Waals surface area contributed by atoms with E-state index in [1.54, 1.807) is 24.3 Å². The molecule has 0 radical (unpaired) electrons. The highest BCUT2D eigenvalue weighted by Gasteiger charge is 2.30. The Morgan fingerprint density at radius 2 is 0.914 bits per heavy atom. The molecule has 0 spiro atoms. The van der Waals surface area contributed by atoms with Crippen LogP contribution in [0.3, 0.4) is 0 Å². The number of hydrogen-bond donors (Lipinski definition) is 0. The van der Waals surface area contributed by atoms with Gasteiger partial charge in [0.1, 0.15) is 11.5 Å². The van der Waals surface area contributed by atoms with Gasteiger partial charge in [0.15, 0.2) is 0 Å². The molecule has 0 amide bonds. The maximum atomic E-state index is 12.4. The topological polar surface area (TPSA) is 71.1 Å². The normalized spacial score (nSPS) is 11.8. The third kappa shape index (κ3) is 11.1. The van der Waals surface area contributed by atoms with Crippen LogP contribution in [0.5, 0.6) is 11.5 Å². The number of hydrogen-bond acceptors (Lipinski definition) is 6. The van der Waals surface area contributed by atoms with E-state index in [1.807, 2.05) is 64.1 Å². The summed E-state index contributed by atoms with van der Waals surface area (Å²) in [6, 6.07) is 18.3. The van der Waals surface area contributed by atoms with Crippen molar-refractivity contribution in [2.24, 2.45) is 10.8 Å². The minimum Gasteiger partial charge on any atom is -0.426 e. The number of benzene rings is 2. The van der Waals surface area contributed by atoms with Crippen LogP contribution in [0.1, 0.15) is 59.8 Å². The van der Waals surface area contributed by atoms with Crippen LogP contribution in [0.15, 0.2) is 60.7 Å². The summed E-state index contributed by atoms with van der Waals surface area (Å²) in [4.78, 5) is 24.8. The molecule has 2 aromatic carbocycles. The van der Waals surface area contributed by atoms with E-state index < -0.39 is 10.8 Å². The van der Waals surface area contributed by atoms with Gasteiger partial charge in [-0.15, -0.1) is 0 Å². The van der Waals surface area contributed by atoms with Crippen LogP contribution < -0.4 is 9.47 Å². The van der Waals surface area contributed by atoms with E-state index in [2.05, 4.69) is 0 Å². The molecule has 0 N–H and O–H groups in total. The molecule has 0 unspecified atom stereocenters. The molecule has 0 bridgehead atoms. The molecule has 2 aromatic rings. The van der Waals surface area contributed by atoms with Gasteiger partial charge in [-0.2, -0.15) is 0 Å². The van der Waals surface area contributed by atoms with Crippen LogP contribution in [-0.2, 0) is 19.1 Å². The summed E-state index contributed by atoms with van der Waals surface area (Å²) in [5.74, 6) is 0.678. The van der Waals surface area contributed by atoms with Crippen molar-refractivity contribution in [1.29, 1.82) is 0 Å². The number of esters is 2. The van der Waals surface area contributed by atoms with Crippen molar-refractivity contribution in [2.45, 2.75) is 59.8 Å². The van der Waals surface area contributed by atoms with Gasteiger partial charge in [-0.25, -0.2) is 0 Å². The van der Waals surface area contributed by atoms with Gasteiger partial charge in [0.25, 0.3) is 0 Å². The number of carbonyl (C=O) groups is 2. The molecule has 0 aliphatic rings. The van der Waals surface area contributed by atoms with Gasteiger partial charge in [-0.1, -0.05) is 36.4 Å². The first-order valence-corrected chi connectivity index (χ1v) is 12.4. The molecule has 35 heavy (non-hydrogen) atoms. The molecule has 0 fully saturated rings. The molecule has 0 saturated heterocycles. The number of rotatable bonds is 16. The van der Waals surface area contributed by atoms with Crippen LogP contribution in [0.4, 0.5) is 0 Å². The van der Waals surface area contributed by atoms with Crippen LogP contribution in [0.25, 0.3) is 0 Å². The highest BCUT2D eigenvalue weighted by atomic mass is 16.5. The summed E-state index contributed by atoms with van der Waals surface area (Å²) in [5.41, 5.74) is -1.13. The lowest BCUT2D eigenvalue weighted by atomic mass is 9.88. The van der Waals surface area contributed by atoms with Crippen molar-refractivity contribution in [3.63, 3.8) is 0 Å². The van der Waals surface area contributed by atoms with Gasteiger partial charge in [-0.05, 0) is 84.1 Å². The second kappa shape index (κ2) is 14.6. The van der Waals surface area contributed by atoms with Gasteiger partial charge in [0.05, 0.1) is 10.8 Å². The quantitative estimate of drug-likeness (QED) is 0.160. The summed E-state index contributed by atoms with van der Waals surface area (Å²) in [6.45, 7) is 10.0. The lowest BCUT2D eigenvalue weighted by molar-refractivity contribution is -0.145. The fourth-order valence-electron chi connectivity index (χ4n) is 3.37. The minimum absolute atomic E-state index is 0.228. The molecular formula is C29H40O6. The molecule has 0 saturated carbocycles. The Kier molecular flexibility index (Phi) is 11.9. The van der Waals surface area contributed by atoms with E-state index in [0.29, 0.717) is 50.8 Å². The first kappa shape index (κ1) is 28.5. The van der Waals surface area contributed by atoms with Crippen LogP contribution >= 0.6 is 0 Å². The third-order valence-corrected chi connectivity index (χ3v) is 5.77. The zero-order valence-electron chi connectivity index (χ0n) is 21.6. The summed E-state index contributed by atoms with van der Waals surface area (Å²) in [6.07, 6.45) is 3.76. The average molecular weight is 485 g/mol. The van der Waals surface area contributed by atoms with Crippen molar-refractivity contribution >= 4 is 11.9 Å². The van der Waals surface area contributed by atoms with Crippen molar-refractivity contribution in [3.05, 3.63) is 60.7 Å². The van der Waals surface area contributed by atoms with Crippen LogP contribution in [0.2, 0.25) is 0 Å². The number of ether oxygens (including phenoxy) is 4. The van der Waals surface area contributed by atoms with E-state index in [9.17, 15) is 9.59 Å². The van der Waals surface area contributed by atoms with Crippen molar-refractivity contribution in [2.75, 3.05) is 26.4 Å². The monoisotopic (exact) mass is 484 g/mol. The molecule has 2 rings (SSSR count). The lowest BCUT2D eigenvalue weighted by Gasteiger charge is -2.22. The summed E-state index contributed by atoms with van der Waals surface area (Å²) in [5, 5.41) is 0. The fraction of sp³-hybridized carbons (Fsp3) is 0.517. The summed E-state index contributed by atoms with van der Waals surface area (Å²) < 4.78 is 22.3. The third-order valence-electron chi connectivity index (χ3n) is 5.77. The highest BCUT2D eigenvalue weighted by Crippen LogP contribution is 2.26. The second-order valence-corrected chi connectivity index (χ2v) is 9.96. The van der Waals surface area contributed by atoms with E-state index in [4.69, 9.17) is 18.9 Å².